The predicted octanol–water partition coefficient (Wildman–Crippen LogP) is 6.44. The number of rotatable bonds is 5. The van der Waals surface area contributed by atoms with Crippen LogP contribution in [0.1, 0.15) is 20.8 Å². The summed E-state index contributed by atoms with van der Waals surface area (Å²) in [6, 6.07) is 11.4. The van der Waals surface area contributed by atoms with Gasteiger partial charge in [-0.2, -0.15) is 0 Å². The maximum atomic E-state index is 15.3. The molecule has 4 rings (SSSR count). The Morgan fingerprint density at radius 3 is 1.94 bits per heavy atom. The lowest BCUT2D eigenvalue weighted by atomic mass is 10.2. The van der Waals surface area contributed by atoms with Gasteiger partial charge < -0.3 is 14.1 Å². The first kappa shape index (κ1) is 25.3. The van der Waals surface area contributed by atoms with Crippen LogP contribution in [0.15, 0.2) is 45.3 Å². The Hall–Kier alpha value is -1.75. The van der Waals surface area contributed by atoms with E-state index in [9.17, 15) is 4.79 Å². The summed E-state index contributed by atoms with van der Waals surface area (Å²) in [6.07, 6.45) is -0.782. The number of hydroxylamine groups is 2. The summed E-state index contributed by atoms with van der Waals surface area (Å²) >= 11 is 6.98. The van der Waals surface area contributed by atoms with Crippen molar-refractivity contribution in [3.63, 3.8) is 0 Å². The van der Waals surface area contributed by atoms with Gasteiger partial charge in [0.05, 0.1) is 13.1 Å². The number of carbonyl (C=O) groups is 1. The van der Waals surface area contributed by atoms with Gasteiger partial charge in [0.1, 0.15) is 5.60 Å². The first-order chi connectivity index (χ1) is 15.9. The van der Waals surface area contributed by atoms with Crippen LogP contribution >= 0.6 is 31.9 Å². The molecule has 0 N–H and O–H groups in total. The van der Waals surface area contributed by atoms with Crippen molar-refractivity contribution in [1.82, 2.24) is 14.5 Å². The Bertz CT molecular complexity index is 1140. The summed E-state index contributed by atoms with van der Waals surface area (Å²) in [4.78, 5) is 18.7. The lowest BCUT2D eigenvalue weighted by Gasteiger charge is -2.35. The van der Waals surface area contributed by atoms with Gasteiger partial charge in [0.2, 0.25) is 0 Å². The van der Waals surface area contributed by atoms with Crippen LogP contribution in [0.25, 0.3) is 21.8 Å². The third-order valence-corrected chi connectivity index (χ3v) is 6.54. The molecule has 1 aliphatic heterocycles. The summed E-state index contributed by atoms with van der Waals surface area (Å²) in [5, 5.41) is 3.31. The molecular formula is C24H27Br2F2N3O3. The zero-order chi connectivity index (χ0) is 24.7. The van der Waals surface area contributed by atoms with Crippen molar-refractivity contribution in [2.75, 3.05) is 32.7 Å². The molecule has 1 fully saturated rings. The maximum absolute atomic E-state index is 15.3. The van der Waals surface area contributed by atoms with Crippen LogP contribution < -0.4 is 0 Å². The largest absolute Gasteiger partial charge is 0.528 e. The smallest absolute Gasteiger partial charge is 0.427 e. The normalized spacial score (nSPS) is 16.3. The van der Waals surface area contributed by atoms with Crippen LogP contribution in [-0.2, 0) is 16.1 Å². The highest BCUT2D eigenvalue weighted by Gasteiger charge is 2.35. The number of ether oxygens (including phenoxy) is 1. The lowest BCUT2D eigenvalue weighted by Crippen LogP contribution is -2.51. The molecule has 0 atom stereocenters. The van der Waals surface area contributed by atoms with Crippen LogP contribution in [0, 0.1) is 0 Å². The highest BCUT2D eigenvalue weighted by molar-refractivity contribution is 9.10. The number of fused-ring (bicyclic) bond motifs is 3. The molecule has 0 aliphatic carbocycles. The van der Waals surface area contributed by atoms with Gasteiger partial charge in [-0.25, -0.2) is 13.6 Å². The molecule has 0 amide bonds. The van der Waals surface area contributed by atoms with E-state index in [1.54, 1.807) is 30.2 Å². The summed E-state index contributed by atoms with van der Waals surface area (Å²) in [5.41, 5.74) is 0.887. The Balaban J connectivity index is 1.44. The van der Waals surface area contributed by atoms with E-state index in [-0.39, 0.29) is 6.54 Å². The fourth-order valence-corrected chi connectivity index (χ4v) is 4.90. The molecule has 34 heavy (non-hydrogen) atoms. The highest BCUT2D eigenvalue weighted by atomic mass is 79.9. The molecule has 2 aromatic carbocycles. The number of hydrogen-bond donors (Lipinski definition) is 0. The standard InChI is InChI=1S/C24H27Br2F2N3O3/c1-23(2,3)33-22(32)34-30-10-8-29(9-11-30)14-24(27,28)15-31-20-6-4-16(25)12-18(20)19-13-17(26)5-7-21(19)31/h4-7,12-13H,8-11,14-15H2,1-3H3. The van der Waals surface area contributed by atoms with Crippen LogP contribution in [-0.4, -0.2) is 64.9 Å². The molecule has 6 nitrogen and oxygen atoms in total. The predicted molar refractivity (Wildman–Crippen MR) is 135 cm³/mol. The summed E-state index contributed by atoms with van der Waals surface area (Å²) in [6.45, 7) is 5.87. The minimum atomic E-state index is -2.95. The lowest BCUT2D eigenvalue weighted by molar-refractivity contribution is -0.163. The number of alkyl halides is 2. The minimum Gasteiger partial charge on any atom is -0.427 e. The van der Waals surface area contributed by atoms with Crippen LogP contribution in [0.5, 0.6) is 0 Å². The van der Waals surface area contributed by atoms with E-state index in [1.807, 2.05) is 36.4 Å². The summed E-state index contributed by atoms with van der Waals surface area (Å²) in [7, 11) is 0. The average Bonchev–Trinajstić information content (AvgIpc) is 2.99. The van der Waals surface area contributed by atoms with Crippen LogP contribution in [0.3, 0.4) is 0 Å². The quantitative estimate of drug-likeness (QED) is 0.315. The number of hydrogen-bond acceptors (Lipinski definition) is 5. The monoisotopic (exact) mass is 601 g/mol. The molecular weight excluding hydrogens is 576 g/mol. The third-order valence-electron chi connectivity index (χ3n) is 5.56. The number of carbonyl (C=O) groups excluding carboxylic acids is 1. The number of nitrogens with zero attached hydrogens (tertiary/aromatic N) is 3. The first-order valence-corrected chi connectivity index (χ1v) is 12.6. The van der Waals surface area contributed by atoms with Crippen LogP contribution in [0.2, 0.25) is 0 Å². The van der Waals surface area contributed by atoms with Crippen molar-refractivity contribution < 1.29 is 23.1 Å². The van der Waals surface area contributed by atoms with Crippen molar-refractivity contribution in [2.45, 2.75) is 38.8 Å². The third kappa shape index (κ3) is 6.08. The van der Waals surface area contributed by atoms with E-state index in [1.165, 1.54) is 5.06 Å². The van der Waals surface area contributed by atoms with Gasteiger partial charge in [-0.3, -0.25) is 4.90 Å². The van der Waals surface area contributed by atoms with Gasteiger partial charge >= 0.3 is 6.16 Å². The Morgan fingerprint density at radius 1 is 0.912 bits per heavy atom. The molecule has 0 unspecified atom stereocenters. The number of piperazine rings is 1. The number of benzene rings is 2. The highest BCUT2D eigenvalue weighted by Crippen LogP contribution is 2.35. The summed E-state index contributed by atoms with van der Waals surface area (Å²) < 4.78 is 39.2. The van der Waals surface area contributed by atoms with E-state index in [0.717, 1.165) is 30.8 Å². The molecule has 0 bridgehead atoms. The zero-order valence-corrected chi connectivity index (χ0v) is 22.5. The van der Waals surface area contributed by atoms with E-state index < -0.39 is 24.2 Å². The molecule has 0 saturated carbocycles. The summed E-state index contributed by atoms with van der Waals surface area (Å²) in [5.74, 6) is -2.95. The molecule has 1 saturated heterocycles. The van der Waals surface area contributed by atoms with Crippen molar-refractivity contribution in [1.29, 1.82) is 0 Å². The fourth-order valence-electron chi connectivity index (χ4n) is 4.18. The average molecular weight is 603 g/mol. The molecule has 1 aromatic heterocycles. The van der Waals surface area contributed by atoms with Gasteiger partial charge in [-0.1, -0.05) is 31.9 Å². The van der Waals surface area contributed by atoms with E-state index in [2.05, 4.69) is 31.9 Å². The first-order valence-electron chi connectivity index (χ1n) is 11.0. The van der Waals surface area contributed by atoms with Crippen molar-refractivity contribution in [3.8, 4) is 0 Å². The van der Waals surface area contributed by atoms with Gasteiger partial charge in [-0.05, 0) is 57.2 Å². The number of aromatic nitrogens is 1. The van der Waals surface area contributed by atoms with Gasteiger partial charge in [-0.15, -0.1) is 5.06 Å². The molecule has 0 spiro atoms. The topological polar surface area (TPSA) is 46.9 Å². The second kappa shape index (κ2) is 9.72. The Kier molecular flexibility index (Phi) is 7.24. The van der Waals surface area contributed by atoms with E-state index in [0.29, 0.717) is 26.2 Å². The Labute approximate surface area is 214 Å². The molecule has 2 heterocycles. The second-order valence-electron chi connectivity index (χ2n) is 9.53. The van der Waals surface area contributed by atoms with Crippen LogP contribution in [0.4, 0.5) is 13.6 Å². The molecule has 184 valence electrons. The SMILES string of the molecule is CC(C)(C)OC(=O)ON1CCN(CC(F)(F)Cn2c3ccc(Br)cc3c3cc(Br)ccc32)CC1. The molecule has 1 aliphatic rings. The second-order valence-corrected chi connectivity index (χ2v) is 11.4. The number of halogens is 4. The van der Waals surface area contributed by atoms with Gasteiger partial charge in [0.15, 0.2) is 0 Å². The van der Waals surface area contributed by atoms with E-state index in [4.69, 9.17) is 9.57 Å². The van der Waals surface area contributed by atoms with Crippen molar-refractivity contribution in [3.05, 3.63) is 45.3 Å². The molecule has 3 aromatic rings. The van der Waals surface area contributed by atoms with Crippen molar-refractivity contribution >= 4 is 59.8 Å². The fraction of sp³-hybridized carbons (Fsp3) is 0.458. The van der Waals surface area contributed by atoms with Gasteiger partial charge in [0, 0.05) is 56.9 Å². The van der Waals surface area contributed by atoms with Crippen molar-refractivity contribution in [2.24, 2.45) is 0 Å². The maximum Gasteiger partial charge on any atom is 0.528 e. The molecule has 0 radical (unpaired) electrons. The minimum absolute atomic E-state index is 0.340. The zero-order valence-electron chi connectivity index (χ0n) is 19.3. The van der Waals surface area contributed by atoms with Gasteiger partial charge in [0.25, 0.3) is 5.92 Å². The Morgan fingerprint density at radius 2 is 1.44 bits per heavy atom. The molecule has 10 heteroatoms. The van der Waals surface area contributed by atoms with E-state index >= 15 is 8.78 Å².